The molecule has 2 aromatic carbocycles. The molecule has 0 spiro atoms. The maximum Gasteiger partial charge on any atom is 0.335 e. The van der Waals surface area contributed by atoms with Gasteiger partial charge in [-0.05, 0) is 55.3 Å². The number of carbonyl (C=O) groups is 3. The Kier molecular flexibility index (Phi) is 4.27. The van der Waals surface area contributed by atoms with Gasteiger partial charge in [-0.15, -0.1) is 0 Å². The molecule has 0 saturated carbocycles. The molecule has 0 aromatic heterocycles. The third-order valence-electron chi connectivity index (χ3n) is 4.22. The van der Waals surface area contributed by atoms with Crippen molar-refractivity contribution in [2.75, 3.05) is 10.2 Å². The highest BCUT2D eigenvalue weighted by molar-refractivity contribution is 6.23. The van der Waals surface area contributed by atoms with Crippen molar-refractivity contribution in [3.05, 3.63) is 59.2 Å². The van der Waals surface area contributed by atoms with Crippen molar-refractivity contribution in [3.63, 3.8) is 0 Å². The molecule has 1 atom stereocenters. The van der Waals surface area contributed by atoms with E-state index in [9.17, 15) is 14.4 Å². The standard InChI is InChI=1S/C19H18N2O4/c1-11-3-4-12(2)16(9-11)21-17(22)10-15(18(21)23)20-14-7-5-13(6-8-14)19(24)25/h3-9,15,20H,10H2,1-2H3,(H,24,25). The fraction of sp³-hybridized carbons (Fsp3) is 0.211. The van der Waals surface area contributed by atoms with Crippen molar-refractivity contribution < 1.29 is 19.5 Å². The second kappa shape index (κ2) is 6.39. The van der Waals surface area contributed by atoms with Gasteiger partial charge in [0, 0.05) is 5.69 Å². The van der Waals surface area contributed by atoms with Gasteiger partial charge in [0.25, 0.3) is 5.91 Å². The number of carboxylic acids is 1. The third kappa shape index (κ3) is 3.24. The van der Waals surface area contributed by atoms with Crippen LogP contribution in [0.5, 0.6) is 0 Å². The summed E-state index contributed by atoms with van der Waals surface area (Å²) < 4.78 is 0. The van der Waals surface area contributed by atoms with E-state index in [0.29, 0.717) is 11.4 Å². The Morgan fingerprint density at radius 3 is 2.44 bits per heavy atom. The van der Waals surface area contributed by atoms with E-state index in [0.717, 1.165) is 11.1 Å². The molecule has 1 heterocycles. The Morgan fingerprint density at radius 2 is 1.80 bits per heavy atom. The van der Waals surface area contributed by atoms with Crippen LogP contribution in [0.15, 0.2) is 42.5 Å². The van der Waals surface area contributed by atoms with Crippen molar-refractivity contribution in [1.29, 1.82) is 0 Å². The number of rotatable bonds is 4. The molecule has 1 aliphatic heterocycles. The number of hydrogen-bond acceptors (Lipinski definition) is 4. The van der Waals surface area contributed by atoms with Crippen molar-refractivity contribution >= 4 is 29.2 Å². The van der Waals surface area contributed by atoms with E-state index >= 15 is 0 Å². The molecule has 2 aromatic rings. The number of carboxylic acid groups (broad SMARTS) is 1. The predicted octanol–water partition coefficient (Wildman–Crippen LogP) is 2.75. The van der Waals surface area contributed by atoms with Crippen LogP contribution < -0.4 is 10.2 Å². The second-order valence-electron chi connectivity index (χ2n) is 6.14. The van der Waals surface area contributed by atoms with E-state index < -0.39 is 12.0 Å². The van der Waals surface area contributed by atoms with Gasteiger partial charge in [-0.3, -0.25) is 9.59 Å². The molecule has 1 saturated heterocycles. The number of amides is 2. The molecule has 1 fully saturated rings. The Bertz CT molecular complexity index is 858. The summed E-state index contributed by atoms with van der Waals surface area (Å²) in [5.41, 5.74) is 3.21. The first-order valence-electron chi connectivity index (χ1n) is 7.91. The molecule has 3 rings (SSSR count). The molecular formula is C19H18N2O4. The quantitative estimate of drug-likeness (QED) is 0.837. The summed E-state index contributed by atoms with van der Waals surface area (Å²) in [6.45, 7) is 3.77. The van der Waals surface area contributed by atoms with Gasteiger partial charge >= 0.3 is 5.97 Å². The topological polar surface area (TPSA) is 86.7 Å². The van der Waals surface area contributed by atoms with Crippen LogP contribution in [-0.2, 0) is 9.59 Å². The average molecular weight is 338 g/mol. The molecule has 2 amide bonds. The maximum atomic E-state index is 12.7. The number of carbonyl (C=O) groups excluding carboxylic acids is 2. The largest absolute Gasteiger partial charge is 0.478 e. The minimum absolute atomic E-state index is 0.0624. The highest BCUT2D eigenvalue weighted by Crippen LogP contribution is 2.28. The Hall–Kier alpha value is -3.15. The minimum Gasteiger partial charge on any atom is -0.478 e. The first-order chi connectivity index (χ1) is 11.9. The number of benzene rings is 2. The molecular weight excluding hydrogens is 320 g/mol. The molecule has 6 nitrogen and oxygen atoms in total. The summed E-state index contributed by atoms with van der Waals surface area (Å²) in [4.78, 5) is 37.2. The maximum absolute atomic E-state index is 12.7. The van der Waals surface area contributed by atoms with Crippen molar-refractivity contribution in [3.8, 4) is 0 Å². The zero-order valence-corrected chi connectivity index (χ0v) is 13.9. The van der Waals surface area contributed by atoms with E-state index in [-0.39, 0.29) is 23.8 Å². The number of aryl methyl sites for hydroxylation is 2. The highest BCUT2D eigenvalue weighted by atomic mass is 16.4. The summed E-state index contributed by atoms with van der Waals surface area (Å²) in [5, 5.41) is 11.9. The number of hydrogen-bond donors (Lipinski definition) is 2. The van der Waals surface area contributed by atoms with Crippen LogP contribution in [0, 0.1) is 13.8 Å². The lowest BCUT2D eigenvalue weighted by Crippen LogP contribution is -2.35. The zero-order chi connectivity index (χ0) is 18.1. The van der Waals surface area contributed by atoms with E-state index in [2.05, 4.69) is 5.32 Å². The van der Waals surface area contributed by atoms with Gasteiger partial charge in [0.1, 0.15) is 6.04 Å². The van der Waals surface area contributed by atoms with E-state index in [1.54, 1.807) is 12.1 Å². The summed E-state index contributed by atoms with van der Waals surface area (Å²) >= 11 is 0. The summed E-state index contributed by atoms with van der Waals surface area (Å²) in [7, 11) is 0. The monoisotopic (exact) mass is 338 g/mol. The van der Waals surface area contributed by atoms with Crippen molar-refractivity contribution in [2.24, 2.45) is 0 Å². The van der Waals surface area contributed by atoms with Crippen molar-refractivity contribution in [1.82, 2.24) is 0 Å². The molecule has 1 aliphatic rings. The van der Waals surface area contributed by atoms with Gasteiger partial charge in [0.2, 0.25) is 5.91 Å². The second-order valence-corrected chi connectivity index (χ2v) is 6.14. The first-order valence-corrected chi connectivity index (χ1v) is 7.91. The molecule has 25 heavy (non-hydrogen) atoms. The van der Waals surface area contributed by atoms with Crippen LogP contribution in [-0.4, -0.2) is 28.9 Å². The molecule has 0 aliphatic carbocycles. The Morgan fingerprint density at radius 1 is 1.12 bits per heavy atom. The number of nitrogens with one attached hydrogen (secondary N) is 1. The molecule has 2 N–H and O–H groups in total. The van der Waals surface area contributed by atoms with E-state index in [1.165, 1.54) is 17.0 Å². The van der Waals surface area contributed by atoms with Crippen LogP contribution in [0.3, 0.4) is 0 Å². The van der Waals surface area contributed by atoms with Crippen LogP contribution in [0.2, 0.25) is 0 Å². The lowest BCUT2D eigenvalue weighted by molar-refractivity contribution is -0.121. The third-order valence-corrected chi connectivity index (χ3v) is 4.22. The van der Waals surface area contributed by atoms with Gasteiger partial charge in [-0.25, -0.2) is 9.69 Å². The van der Waals surface area contributed by atoms with Crippen molar-refractivity contribution in [2.45, 2.75) is 26.3 Å². The normalized spacial score (nSPS) is 17.0. The predicted molar refractivity (Wildman–Crippen MR) is 93.8 cm³/mol. The van der Waals surface area contributed by atoms with Gasteiger partial charge in [0.05, 0.1) is 17.7 Å². The lowest BCUT2D eigenvalue weighted by Gasteiger charge is -2.18. The Balaban J connectivity index is 1.81. The van der Waals surface area contributed by atoms with Crippen LogP contribution in [0.4, 0.5) is 11.4 Å². The zero-order valence-electron chi connectivity index (χ0n) is 13.9. The fourth-order valence-electron chi connectivity index (χ4n) is 2.87. The summed E-state index contributed by atoms with van der Waals surface area (Å²) in [6.07, 6.45) is 0.0624. The molecule has 128 valence electrons. The lowest BCUT2D eigenvalue weighted by atomic mass is 10.1. The van der Waals surface area contributed by atoms with Crippen LogP contribution >= 0.6 is 0 Å². The average Bonchev–Trinajstić information content (AvgIpc) is 2.84. The minimum atomic E-state index is -1.01. The van der Waals surface area contributed by atoms with E-state index in [4.69, 9.17) is 5.11 Å². The van der Waals surface area contributed by atoms with Gasteiger partial charge < -0.3 is 10.4 Å². The molecule has 0 radical (unpaired) electrons. The van der Waals surface area contributed by atoms with Gasteiger partial charge in [-0.2, -0.15) is 0 Å². The smallest absolute Gasteiger partial charge is 0.335 e. The number of imide groups is 1. The molecule has 1 unspecified atom stereocenters. The highest BCUT2D eigenvalue weighted by Gasteiger charge is 2.40. The van der Waals surface area contributed by atoms with Gasteiger partial charge in [0.15, 0.2) is 0 Å². The van der Waals surface area contributed by atoms with E-state index in [1.807, 2.05) is 32.0 Å². The van der Waals surface area contributed by atoms with Crippen LogP contribution in [0.1, 0.15) is 27.9 Å². The van der Waals surface area contributed by atoms with Gasteiger partial charge in [-0.1, -0.05) is 12.1 Å². The molecule has 6 heteroatoms. The summed E-state index contributed by atoms with van der Waals surface area (Å²) in [6, 6.07) is 11.1. The first kappa shape index (κ1) is 16.7. The van der Waals surface area contributed by atoms with Crippen LogP contribution in [0.25, 0.3) is 0 Å². The SMILES string of the molecule is Cc1ccc(C)c(N2C(=O)CC(Nc3ccc(C(=O)O)cc3)C2=O)c1. The molecule has 0 bridgehead atoms. The number of anilines is 2. The fourth-order valence-corrected chi connectivity index (χ4v) is 2.87. The summed E-state index contributed by atoms with van der Waals surface area (Å²) in [5.74, 6) is -1.57. The number of aromatic carboxylic acids is 1. The Labute approximate surface area is 145 Å². The number of nitrogens with zero attached hydrogens (tertiary/aromatic N) is 1.